The fourth-order valence-electron chi connectivity index (χ4n) is 1.99. The van der Waals surface area contributed by atoms with Crippen LogP contribution in [0.2, 0.25) is 0 Å². The third-order valence-corrected chi connectivity index (χ3v) is 5.12. The van der Waals surface area contributed by atoms with E-state index in [2.05, 4.69) is 9.72 Å². The number of nitrogens with zero attached hydrogens (tertiary/aromatic N) is 1. The molecule has 0 aliphatic carbocycles. The smallest absolute Gasteiger partial charge is 0.348 e. The molecule has 6 heteroatoms. The second-order valence-corrected chi connectivity index (χ2v) is 6.54. The topological polar surface area (TPSA) is 59.4 Å². The average Bonchev–Trinajstić information content (AvgIpc) is 3.24. The summed E-state index contributed by atoms with van der Waals surface area (Å²) in [7, 11) is 1.34. The summed E-state index contributed by atoms with van der Waals surface area (Å²) in [6.45, 7) is 0. The molecule has 0 radical (unpaired) electrons. The number of thiazole rings is 1. The van der Waals surface area contributed by atoms with Gasteiger partial charge in [-0.3, -0.25) is 0 Å². The maximum Gasteiger partial charge on any atom is 0.348 e. The van der Waals surface area contributed by atoms with E-state index in [1.807, 2.05) is 35.7 Å². The number of esters is 1. The van der Waals surface area contributed by atoms with Crippen LogP contribution >= 0.6 is 22.7 Å². The van der Waals surface area contributed by atoms with E-state index in [9.17, 15) is 9.90 Å². The monoisotopic (exact) mass is 331 g/mol. The summed E-state index contributed by atoms with van der Waals surface area (Å²) in [4.78, 5) is 17.1. The Morgan fingerprint density at radius 3 is 2.73 bits per heavy atom. The standard InChI is InChI=1S/C16H13NO3S2/c1-20-16(19)13-8-7-12(22-13)14(18)15-17-11(9-21-15)10-5-3-2-4-6-10/h2-9,14,18H,1H3. The van der Waals surface area contributed by atoms with Crippen molar-refractivity contribution in [1.29, 1.82) is 0 Å². The number of aliphatic hydroxyl groups is 1. The first kappa shape index (κ1) is 14.9. The van der Waals surface area contributed by atoms with E-state index in [-0.39, 0.29) is 0 Å². The highest BCUT2D eigenvalue weighted by molar-refractivity contribution is 7.14. The molecule has 0 bridgehead atoms. The molecule has 0 spiro atoms. The summed E-state index contributed by atoms with van der Waals surface area (Å²) >= 11 is 2.62. The highest BCUT2D eigenvalue weighted by Gasteiger charge is 2.19. The van der Waals surface area contributed by atoms with Gasteiger partial charge in [0.25, 0.3) is 0 Å². The van der Waals surface area contributed by atoms with Crippen LogP contribution in [0.1, 0.15) is 25.7 Å². The summed E-state index contributed by atoms with van der Waals surface area (Å²) in [5, 5.41) is 13.0. The molecule has 112 valence electrons. The summed E-state index contributed by atoms with van der Waals surface area (Å²) < 4.78 is 4.67. The fraction of sp³-hybridized carbons (Fsp3) is 0.125. The molecule has 3 rings (SSSR count). The molecule has 1 aromatic carbocycles. The largest absolute Gasteiger partial charge is 0.465 e. The minimum atomic E-state index is -0.828. The van der Waals surface area contributed by atoms with Crippen molar-refractivity contribution in [2.75, 3.05) is 7.11 Å². The predicted octanol–water partition coefficient (Wildman–Crippen LogP) is 3.74. The van der Waals surface area contributed by atoms with Gasteiger partial charge in [0.2, 0.25) is 0 Å². The van der Waals surface area contributed by atoms with Crippen LogP contribution in [0.4, 0.5) is 0 Å². The molecular formula is C16H13NO3S2. The SMILES string of the molecule is COC(=O)c1ccc(C(O)c2nc(-c3ccccc3)cs2)s1. The van der Waals surface area contributed by atoms with Crippen molar-refractivity contribution in [3.63, 3.8) is 0 Å². The number of thiophene rings is 1. The van der Waals surface area contributed by atoms with Gasteiger partial charge in [-0.05, 0) is 12.1 Å². The van der Waals surface area contributed by atoms with E-state index in [0.717, 1.165) is 11.3 Å². The van der Waals surface area contributed by atoms with Crippen molar-refractivity contribution in [2.45, 2.75) is 6.10 Å². The van der Waals surface area contributed by atoms with Crippen molar-refractivity contribution in [3.05, 3.63) is 62.6 Å². The number of aromatic nitrogens is 1. The van der Waals surface area contributed by atoms with E-state index in [1.165, 1.54) is 29.8 Å². The Hall–Kier alpha value is -2.02. The van der Waals surface area contributed by atoms with Crippen molar-refractivity contribution in [3.8, 4) is 11.3 Å². The van der Waals surface area contributed by atoms with Gasteiger partial charge in [-0.25, -0.2) is 9.78 Å². The molecule has 0 amide bonds. The Kier molecular flexibility index (Phi) is 4.33. The first-order valence-corrected chi connectivity index (χ1v) is 8.25. The second kappa shape index (κ2) is 6.39. The van der Waals surface area contributed by atoms with Gasteiger partial charge in [0.05, 0.1) is 12.8 Å². The van der Waals surface area contributed by atoms with Gasteiger partial charge < -0.3 is 9.84 Å². The molecule has 0 aliphatic rings. The number of rotatable bonds is 4. The molecule has 0 saturated carbocycles. The lowest BCUT2D eigenvalue weighted by Gasteiger charge is -2.03. The Labute approximate surface area is 135 Å². The van der Waals surface area contributed by atoms with E-state index in [4.69, 9.17) is 0 Å². The van der Waals surface area contributed by atoms with E-state index in [0.29, 0.717) is 14.8 Å². The van der Waals surface area contributed by atoms with Crippen LogP contribution < -0.4 is 0 Å². The molecule has 1 unspecified atom stereocenters. The van der Waals surface area contributed by atoms with Crippen molar-refractivity contribution in [2.24, 2.45) is 0 Å². The van der Waals surface area contributed by atoms with E-state index < -0.39 is 12.1 Å². The van der Waals surface area contributed by atoms with Gasteiger partial charge in [-0.15, -0.1) is 22.7 Å². The number of hydrogen-bond donors (Lipinski definition) is 1. The number of carbonyl (C=O) groups is 1. The predicted molar refractivity (Wildman–Crippen MR) is 87.3 cm³/mol. The van der Waals surface area contributed by atoms with Crippen molar-refractivity contribution < 1.29 is 14.6 Å². The first-order valence-electron chi connectivity index (χ1n) is 6.56. The molecule has 3 aromatic rings. The van der Waals surface area contributed by atoms with Crippen LogP contribution in [-0.2, 0) is 4.74 Å². The van der Waals surface area contributed by atoms with Gasteiger partial charge in [-0.2, -0.15) is 0 Å². The van der Waals surface area contributed by atoms with Crippen LogP contribution in [0.3, 0.4) is 0 Å². The van der Waals surface area contributed by atoms with E-state index >= 15 is 0 Å². The first-order chi connectivity index (χ1) is 10.7. The van der Waals surface area contributed by atoms with Gasteiger partial charge in [0, 0.05) is 15.8 Å². The maximum absolute atomic E-state index is 11.5. The number of aliphatic hydroxyl groups excluding tert-OH is 1. The molecular weight excluding hydrogens is 318 g/mol. The molecule has 0 saturated heterocycles. The third kappa shape index (κ3) is 2.94. The fourth-order valence-corrected chi connectivity index (χ4v) is 3.81. The Morgan fingerprint density at radius 1 is 1.23 bits per heavy atom. The molecule has 1 N–H and O–H groups in total. The molecule has 2 aromatic heterocycles. The minimum Gasteiger partial charge on any atom is -0.465 e. The maximum atomic E-state index is 11.5. The summed E-state index contributed by atoms with van der Waals surface area (Å²) in [5.41, 5.74) is 1.85. The van der Waals surface area contributed by atoms with Gasteiger partial charge in [0.1, 0.15) is 16.0 Å². The molecule has 2 heterocycles. The zero-order chi connectivity index (χ0) is 15.5. The quantitative estimate of drug-likeness (QED) is 0.740. The Balaban J connectivity index is 1.84. The highest BCUT2D eigenvalue weighted by atomic mass is 32.1. The number of ether oxygens (including phenoxy) is 1. The Morgan fingerprint density at radius 2 is 2.00 bits per heavy atom. The molecule has 0 aliphatic heterocycles. The summed E-state index contributed by atoms with van der Waals surface area (Å²) in [6.07, 6.45) is -0.828. The van der Waals surface area contributed by atoms with Crippen molar-refractivity contribution >= 4 is 28.6 Å². The molecule has 22 heavy (non-hydrogen) atoms. The summed E-state index contributed by atoms with van der Waals surface area (Å²) in [6, 6.07) is 13.2. The number of hydrogen-bond acceptors (Lipinski definition) is 6. The number of carbonyl (C=O) groups excluding carboxylic acids is 1. The lowest BCUT2D eigenvalue weighted by Crippen LogP contribution is -1.98. The van der Waals surface area contributed by atoms with Crippen LogP contribution in [0, 0.1) is 0 Å². The third-order valence-electron chi connectivity index (χ3n) is 3.11. The zero-order valence-electron chi connectivity index (χ0n) is 11.7. The van der Waals surface area contributed by atoms with Crippen LogP contribution in [0.15, 0.2) is 47.8 Å². The second-order valence-electron chi connectivity index (χ2n) is 4.53. The lowest BCUT2D eigenvalue weighted by atomic mass is 10.2. The van der Waals surface area contributed by atoms with Gasteiger partial charge in [0.15, 0.2) is 0 Å². The van der Waals surface area contributed by atoms with Crippen LogP contribution in [0.25, 0.3) is 11.3 Å². The molecule has 1 atom stereocenters. The van der Waals surface area contributed by atoms with Gasteiger partial charge in [-0.1, -0.05) is 30.3 Å². The normalized spacial score (nSPS) is 12.1. The number of methoxy groups -OCH3 is 1. The van der Waals surface area contributed by atoms with Crippen LogP contribution in [0.5, 0.6) is 0 Å². The van der Waals surface area contributed by atoms with Crippen molar-refractivity contribution in [1.82, 2.24) is 4.98 Å². The molecule has 4 nitrogen and oxygen atoms in total. The lowest BCUT2D eigenvalue weighted by molar-refractivity contribution is 0.0606. The van der Waals surface area contributed by atoms with Crippen LogP contribution in [-0.4, -0.2) is 23.2 Å². The minimum absolute atomic E-state index is 0.396. The molecule has 0 fully saturated rings. The number of benzene rings is 1. The van der Waals surface area contributed by atoms with E-state index in [1.54, 1.807) is 12.1 Å². The highest BCUT2D eigenvalue weighted by Crippen LogP contribution is 2.32. The average molecular weight is 331 g/mol. The Bertz CT molecular complexity index is 780. The summed E-state index contributed by atoms with van der Waals surface area (Å²) in [5.74, 6) is -0.396. The zero-order valence-corrected chi connectivity index (χ0v) is 13.4. The van der Waals surface area contributed by atoms with Gasteiger partial charge >= 0.3 is 5.97 Å².